The molecule has 23 heavy (non-hydrogen) atoms. The summed E-state index contributed by atoms with van der Waals surface area (Å²) in [6, 6.07) is 7.64. The van der Waals surface area contributed by atoms with E-state index in [9.17, 15) is 4.79 Å². The molecule has 0 aromatic heterocycles. The van der Waals surface area contributed by atoms with E-state index in [1.165, 1.54) is 0 Å². The van der Waals surface area contributed by atoms with Crippen LogP contribution in [-0.4, -0.2) is 50.5 Å². The van der Waals surface area contributed by atoms with E-state index in [-0.39, 0.29) is 5.91 Å². The summed E-state index contributed by atoms with van der Waals surface area (Å²) >= 11 is 0. The largest absolute Gasteiger partial charge is 0.497 e. The van der Waals surface area contributed by atoms with Gasteiger partial charge in [0.1, 0.15) is 5.75 Å². The van der Waals surface area contributed by atoms with E-state index in [1.54, 1.807) is 12.0 Å². The molecule has 0 aliphatic carbocycles. The lowest BCUT2D eigenvalue weighted by atomic mass is 10.2. The zero-order valence-corrected chi connectivity index (χ0v) is 14.3. The van der Waals surface area contributed by atoms with Crippen molar-refractivity contribution < 1.29 is 19.0 Å². The Morgan fingerprint density at radius 3 is 2.26 bits per heavy atom. The number of amides is 1. The lowest BCUT2D eigenvalue weighted by Gasteiger charge is -2.27. The molecule has 0 aliphatic rings. The van der Waals surface area contributed by atoms with Crippen molar-refractivity contribution in [2.45, 2.75) is 33.1 Å². The van der Waals surface area contributed by atoms with Crippen LogP contribution in [0.4, 0.5) is 0 Å². The van der Waals surface area contributed by atoms with Gasteiger partial charge in [-0.25, -0.2) is 0 Å². The second kappa shape index (κ2) is 11.0. The summed E-state index contributed by atoms with van der Waals surface area (Å²) < 4.78 is 16.2. The number of nitrogens with two attached hydrogens (primary N) is 1. The zero-order valence-electron chi connectivity index (χ0n) is 14.3. The molecule has 0 unspecified atom stereocenters. The first-order valence-corrected chi connectivity index (χ1v) is 7.98. The van der Waals surface area contributed by atoms with Crippen molar-refractivity contribution in [1.82, 2.24) is 4.90 Å². The first-order valence-electron chi connectivity index (χ1n) is 7.98. The number of carbonyl (C=O) groups is 1. The van der Waals surface area contributed by atoms with E-state index in [1.807, 2.05) is 38.1 Å². The van der Waals surface area contributed by atoms with Crippen molar-refractivity contribution >= 4 is 5.91 Å². The van der Waals surface area contributed by atoms with Gasteiger partial charge < -0.3 is 24.8 Å². The number of hydrogen-bond donors (Lipinski definition) is 1. The first-order chi connectivity index (χ1) is 11.1. The van der Waals surface area contributed by atoms with Crippen molar-refractivity contribution in [2.24, 2.45) is 5.73 Å². The minimum Gasteiger partial charge on any atom is -0.497 e. The van der Waals surface area contributed by atoms with E-state index in [4.69, 9.17) is 19.9 Å². The Morgan fingerprint density at radius 1 is 1.17 bits per heavy atom. The molecular weight excluding hydrogens is 296 g/mol. The quantitative estimate of drug-likeness (QED) is 0.628. The molecule has 2 N–H and O–H groups in total. The Bertz CT molecular complexity index is 444. The van der Waals surface area contributed by atoms with Gasteiger partial charge in [-0.15, -0.1) is 0 Å². The van der Waals surface area contributed by atoms with Gasteiger partial charge in [-0.2, -0.15) is 0 Å². The summed E-state index contributed by atoms with van der Waals surface area (Å²) in [6.07, 6.45) is -0.119. The normalized spacial score (nSPS) is 10.8. The van der Waals surface area contributed by atoms with Crippen LogP contribution in [0.3, 0.4) is 0 Å². The van der Waals surface area contributed by atoms with E-state index >= 15 is 0 Å². The number of hydrogen-bond acceptors (Lipinski definition) is 5. The highest BCUT2D eigenvalue weighted by Crippen LogP contribution is 2.14. The lowest BCUT2D eigenvalue weighted by molar-refractivity contribution is -0.159. The Hall–Kier alpha value is -1.63. The van der Waals surface area contributed by atoms with Crippen molar-refractivity contribution in [1.29, 1.82) is 0 Å². The zero-order chi connectivity index (χ0) is 17.1. The highest BCUT2D eigenvalue weighted by Gasteiger charge is 2.19. The van der Waals surface area contributed by atoms with Crippen LogP contribution in [-0.2, 0) is 20.8 Å². The molecule has 0 atom stereocenters. The van der Waals surface area contributed by atoms with Crippen LogP contribution >= 0.6 is 0 Å². The minimum absolute atomic E-state index is 0.00674. The van der Waals surface area contributed by atoms with Crippen molar-refractivity contribution in [3.8, 4) is 5.75 Å². The molecular formula is C17H28N2O4. The summed E-state index contributed by atoms with van der Waals surface area (Å²) in [5.41, 5.74) is 6.54. The van der Waals surface area contributed by atoms with Gasteiger partial charge in [0.25, 0.3) is 0 Å². The molecule has 0 spiro atoms. The molecule has 0 aliphatic heterocycles. The molecule has 0 saturated carbocycles. The van der Waals surface area contributed by atoms with Crippen LogP contribution < -0.4 is 10.5 Å². The summed E-state index contributed by atoms with van der Waals surface area (Å²) in [5, 5.41) is 0. The molecule has 6 heteroatoms. The van der Waals surface area contributed by atoms with Crippen molar-refractivity contribution in [2.75, 3.05) is 33.4 Å². The van der Waals surface area contributed by atoms with Gasteiger partial charge in [0, 0.05) is 32.7 Å². The molecule has 1 aromatic carbocycles. The van der Waals surface area contributed by atoms with E-state index in [2.05, 4.69) is 0 Å². The topological polar surface area (TPSA) is 74.0 Å². The number of nitrogens with zero attached hydrogens (tertiary/aromatic N) is 1. The van der Waals surface area contributed by atoms with Crippen LogP contribution in [0.15, 0.2) is 24.3 Å². The second-order valence-corrected chi connectivity index (χ2v) is 5.00. The first kappa shape index (κ1) is 19.4. The summed E-state index contributed by atoms with van der Waals surface area (Å²) in [5.74, 6) is 0.780. The molecule has 0 radical (unpaired) electrons. The number of ether oxygens (including phenoxy) is 3. The van der Waals surface area contributed by atoms with Crippen LogP contribution in [0.25, 0.3) is 0 Å². The molecule has 0 fully saturated rings. The number of rotatable bonds is 11. The fraction of sp³-hybridized carbons (Fsp3) is 0.588. The van der Waals surface area contributed by atoms with E-state index < -0.39 is 6.29 Å². The molecule has 0 bridgehead atoms. The number of methoxy groups -OCH3 is 1. The van der Waals surface area contributed by atoms with Gasteiger partial charge >= 0.3 is 0 Å². The number of benzene rings is 1. The van der Waals surface area contributed by atoms with Gasteiger partial charge in [0.2, 0.25) is 5.91 Å². The molecule has 6 nitrogen and oxygen atoms in total. The fourth-order valence-corrected chi connectivity index (χ4v) is 2.19. The third kappa shape index (κ3) is 6.99. The average molecular weight is 324 g/mol. The summed E-state index contributed by atoms with van der Waals surface area (Å²) in [7, 11) is 1.63. The van der Waals surface area contributed by atoms with Gasteiger partial charge in [0.05, 0.1) is 13.7 Å². The standard InChI is InChI=1S/C17H28N2O4/c1-4-22-17(23-5-2)13-19(16(20)10-11-18)12-14-6-8-15(21-3)9-7-14/h6-9,17H,4-5,10-13,18H2,1-3H3. The van der Waals surface area contributed by atoms with Crippen LogP contribution in [0.5, 0.6) is 5.75 Å². The van der Waals surface area contributed by atoms with E-state index in [0.29, 0.717) is 39.3 Å². The van der Waals surface area contributed by atoms with E-state index in [0.717, 1.165) is 11.3 Å². The summed E-state index contributed by atoms with van der Waals surface area (Å²) in [4.78, 5) is 14.1. The minimum atomic E-state index is -0.426. The smallest absolute Gasteiger partial charge is 0.224 e. The lowest BCUT2D eigenvalue weighted by Crippen LogP contribution is -2.40. The Balaban J connectivity index is 2.79. The Labute approximate surface area is 138 Å². The SMILES string of the molecule is CCOC(CN(Cc1ccc(OC)cc1)C(=O)CCN)OCC. The molecule has 0 saturated heterocycles. The van der Waals surface area contributed by atoms with Gasteiger partial charge in [-0.3, -0.25) is 4.79 Å². The molecule has 130 valence electrons. The highest BCUT2D eigenvalue weighted by molar-refractivity contribution is 5.76. The second-order valence-electron chi connectivity index (χ2n) is 5.00. The predicted octanol–water partition coefficient (Wildman–Crippen LogP) is 1.77. The molecule has 1 amide bonds. The number of carbonyl (C=O) groups excluding carboxylic acids is 1. The summed E-state index contributed by atoms with van der Waals surface area (Å²) in [6.45, 7) is 6.07. The van der Waals surface area contributed by atoms with Gasteiger partial charge in [-0.05, 0) is 31.5 Å². The van der Waals surface area contributed by atoms with Gasteiger partial charge in [-0.1, -0.05) is 12.1 Å². The maximum absolute atomic E-state index is 12.3. The Morgan fingerprint density at radius 2 is 1.78 bits per heavy atom. The molecule has 0 heterocycles. The van der Waals surface area contributed by atoms with Crippen molar-refractivity contribution in [3.63, 3.8) is 0 Å². The highest BCUT2D eigenvalue weighted by atomic mass is 16.7. The monoisotopic (exact) mass is 324 g/mol. The van der Waals surface area contributed by atoms with Gasteiger partial charge in [0.15, 0.2) is 6.29 Å². The fourth-order valence-electron chi connectivity index (χ4n) is 2.19. The average Bonchev–Trinajstić information content (AvgIpc) is 2.55. The Kier molecular flexibility index (Phi) is 9.28. The molecule has 1 rings (SSSR count). The molecule has 1 aromatic rings. The van der Waals surface area contributed by atoms with Crippen molar-refractivity contribution in [3.05, 3.63) is 29.8 Å². The maximum atomic E-state index is 12.3. The maximum Gasteiger partial charge on any atom is 0.224 e. The van der Waals surface area contributed by atoms with Crippen LogP contribution in [0.2, 0.25) is 0 Å². The predicted molar refractivity (Wildman–Crippen MR) is 89.1 cm³/mol. The third-order valence-electron chi connectivity index (χ3n) is 3.32. The third-order valence-corrected chi connectivity index (χ3v) is 3.32. The van der Waals surface area contributed by atoms with Crippen LogP contribution in [0, 0.1) is 0 Å². The van der Waals surface area contributed by atoms with Crippen LogP contribution in [0.1, 0.15) is 25.8 Å².